The Bertz CT molecular complexity index is 1200. The Labute approximate surface area is 215 Å². The van der Waals surface area contributed by atoms with Crippen molar-refractivity contribution in [1.82, 2.24) is 10.2 Å². The molecular formula is C25H32F3N3O5S. The maximum atomic E-state index is 13.5. The Morgan fingerprint density at radius 2 is 1.73 bits per heavy atom. The number of amides is 2. The lowest BCUT2D eigenvalue weighted by Gasteiger charge is -2.32. The van der Waals surface area contributed by atoms with E-state index in [1.165, 1.54) is 25.0 Å². The van der Waals surface area contributed by atoms with E-state index in [1.54, 1.807) is 31.2 Å². The van der Waals surface area contributed by atoms with Gasteiger partial charge in [0.25, 0.3) is 0 Å². The number of hydrogen-bond acceptors (Lipinski definition) is 5. The van der Waals surface area contributed by atoms with Crippen LogP contribution < -0.4 is 14.4 Å². The van der Waals surface area contributed by atoms with Crippen molar-refractivity contribution in [2.75, 3.05) is 24.2 Å². The fourth-order valence-corrected chi connectivity index (χ4v) is 4.31. The van der Waals surface area contributed by atoms with E-state index in [4.69, 9.17) is 4.74 Å². The average Bonchev–Trinajstić information content (AvgIpc) is 2.84. The molecule has 0 aliphatic carbocycles. The van der Waals surface area contributed by atoms with Gasteiger partial charge in [0.05, 0.1) is 24.6 Å². The Kier molecular flexibility index (Phi) is 9.96. The number of alkyl halides is 3. The summed E-state index contributed by atoms with van der Waals surface area (Å²) < 4.78 is 70.7. The van der Waals surface area contributed by atoms with Gasteiger partial charge in [0.2, 0.25) is 21.8 Å². The average molecular weight is 544 g/mol. The van der Waals surface area contributed by atoms with Crippen LogP contribution in [0, 0.1) is 0 Å². The molecule has 1 N–H and O–H groups in total. The predicted octanol–water partition coefficient (Wildman–Crippen LogP) is 3.81. The minimum absolute atomic E-state index is 0.0642. The highest BCUT2D eigenvalue weighted by molar-refractivity contribution is 7.92. The third-order valence-corrected chi connectivity index (χ3v) is 6.94. The smallest absolute Gasteiger partial charge is 0.416 e. The molecule has 8 nitrogen and oxygen atoms in total. The van der Waals surface area contributed by atoms with E-state index in [2.05, 4.69) is 5.32 Å². The van der Waals surface area contributed by atoms with Crippen LogP contribution in [-0.2, 0) is 32.3 Å². The van der Waals surface area contributed by atoms with Crippen LogP contribution in [-0.4, -0.2) is 57.1 Å². The Morgan fingerprint density at radius 1 is 1.08 bits per heavy atom. The highest BCUT2D eigenvalue weighted by Crippen LogP contribution is 2.32. The molecule has 0 fully saturated rings. The summed E-state index contributed by atoms with van der Waals surface area (Å²) in [5.74, 6) is -0.698. The van der Waals surface area contributed by atoms with E-state index in [-0.39, 0.29) is 18.3 Å². The number of sulfonamides is 1. The van der Waals surface area contributed by atoms with E-state index < -0.39 is 46.2 Å². The summed E-state index contributed by atoms with van der Waals surface area (Å²) in [7, 11) is -2.69. The van der Waals surface area contributed by atoms with Crippen molar-refractivity contribution in [3.8, 4) is 5.75 Å². The van der Waals surface area contributed by atoms with Crippen LogP contribution in [0.5, 0.6) is 5.75 Å². The molecule has 204 valence electrons. The van der Waals surface area contributed by atoms with Crippen LogP contribution in [0.4, 0.5) is 18.9 Å². The third kappa shape index (κ3) is 8.38. The van der Waals surface area contributed by atoms with Crippen molar-refractivity contribution in [2.24, 2.45) is 0 Å². The van der Waals surface area contributed by atoms with Crippen molar-refractivity contribution in [3.05, 3.63) is 59.7 Å². The number of halogens is 3. The topological polar surface area (TPSA) is 96.0 Å². The van der Waals surface area contributed by atoms with Gasteiger partial charge in [-0.3, -0.25) is 13.9 Å². The molecule has 0 saturated carbocycles. The van der Waals surface area contributed by atoms with E-state index >= 15 is 0 Å². The van der Waals surface area contributed by atoms with Crippen molar-refractivity contribution in [3.63, 3.8) is 0 Å². The molecule has 2 amide bonds. The second-order valence-electron chi connectivity index (χ2n) is 8.68. The zero-order valence-electron chi connectivity index (χ0n) is 21.4. The summed E-state index contributed by atoms with van der Waals surface area (Å²) in [4.78, 5) is 27.6. The van der Waals surface area contributed by atoms with Gasteiger partial charge < -0.3 is 15.0 Å². The molecule has 0 saturated heterocycles. The number of carbonyl (C=O) groups is 2. The molecule has 0 aliphatic heterocycles. The molecule has 0 spiro atoms. The van der Waals surface area contributed by atoms with E-state index in [0.29, 0.717) is 28.1 Å². The minimum atomic E-state index is -4.70. The Hall–Kier alpha value is -3.28. The molecular weight excluding hydrogens is 511 g/mol. The first kappa shape index (κ1) is 29.9. The minimum Gasteiger partial charge on any atom is -0.497 e. The molecule has 0 bridgehead atoms. The second kappa shape index (κ2) is 12.3. The lowest BCUT2D eigenvalue weighted by molar-refractivity contribution is -0.139. The van der Waals surface area contributed by atoms with Crippen LogP contribution in [0.3, 0.4) is 0 Å². The van der Waals surface area contributed by atoms with Crippen molar-refractivity contribution in [1.29, 1.82) is 0 Å². The maximum Gasteiger partial charge on any atom is 0.416 e. The van der Waals surface area contributed by atoms with E-state index in [0.717, 1.165) is 18.4 Å². The zero-order valence-corrected chi connectivity index (χ0v) is 22.2. The van der Waals surface area contributed by atoms with Crippen LogP contribution in [0.1, 0.15) is 38.3 Å². The maximum absolute atomic E-state index is 13.5. The first-order valence-corrected chi connectivity index (χ1v) is 13.4. The summed E-state index contributed by atoms with van der Waals surface area (Å²) in [6, 6.07) is 9.33. The molecule has 0 heterocycles. The molecule has 2 unspecified atom stereocenters. The molecule has 2 aromatic rings. The summed E-state index contributed by atoms with van der Waals surface area (Å²) in [5, 5.41) is 2.80. The number of nitrogens with one attached hydrogen (secondary N) is 1. The molecule has 37 heavy (non-hydrogen) atoms. The van der Waals surface area contributed by atoms with E-state index in [9.17, 15) is 31.2 Å². The number of nitrogens with zero attached hydrogens (tertiary/aromatic N) is 2. The highest BCUT2D eigenvalue weighted by atomic mass is 32.2. The van der Waals surface area contributed by atoms with Gasteiger partial charge in [-0.1, -0.05) is 25.1 Å². The standard InChI is InChI=1S/C25H32F3N3O5S/c1-6-17(2)29-24(33)18(3)30(15-19-9-7-12-22(13-19)36-4)23(32)16-31(37(5,34)35)21-11-8-10-20(14-21)25(26,27)28/h7-14,17-18H,6,15-16H2,1-5H3,(H,29,33). The largest absolute Gasteiger partial charge is 0.497 e. The van der Waals surface area contributed by atoms with E-state index in [1.807, 2.05) is 6.92 Å². The number of benzene rings is 2. The number of carbonyl (C=O) groups excluding carboxylic acids is 2. The fraction of sp³-hybridized carbons (Fsp3) is 0.440. The molecule has 12 heteroatoms. The van der Waals surface area contributed by atoms with Crippen molar-refractivity contribution < 1.29 is 35.9 Å². The molecule has 2 atom stereocenters. The number of hydrogen-bond donors (Lipinski definition) is 1. The monoisotopic (exact) mass is 543 g/mol. The lowest BCUT2D eigenvalue weighted by Crippen LogP contribution is -2.52. The molecule has 0 radical (unpaired) electrons. The third-order valence-electron chi connectivity index (χ3n) is 5.80. The summed E-state index contributed by atoms with van der Waals surface area (Å²) in [6.45, 7) is 4.33. The van der Waals surface area contributed by atoms with Crippen LogP contribution in [0.2, 0.25) is 0 Å². The summed E-state index contributed by atoms with van der Waals surface area (Å²) in [5.41, 5.74) is -0.759. The fourth-order valence-electron chi connectivity index (χ4n) is 3.47. The van der Waals surface area contributed by atoms with Gasteiger partial charge in [0.15, 0.2) is 0 Å². The number of rotatable bonds is 11. The van der Waals surface area contributed by atoms with Gasteiger partial charge in [0.1, 0.15) is 18.3 Å². The van der Waals surface area contributed by atoms with Gasteiger partial charge in [-0.05, 0) is 56.2 Å². The van der Waals surface area contributed by atoms with Crippen LogP contribution in [0.15, 0.2) is 48.5 Å². The number of anilines is 1. The van der Waals surface area contributed by atoms with Gasteiger partial charge in [-0.15, -0.1) is 0 Å². The first-order valence-electron chi connectivity index (χ1n) is 11.5. The first-order chi connectivity index (χ1) is 17.2. The molecule has 0 aliphatic rings. The van der Waals surface area contributed by atoms with Crippen molar-refractivity contribution in [2.45, 2.75) is 52.0 Å². The Balaban J connectivity index is 2.46. The second-order valence-corrected chi connectivity index (χ2v) is 10.6. The number of methoxy groups -OCH3 is 1. The van der Waals surface area contributed by atoms with Gasteiger partial charge in [-0.25, -0.2) is 8.42 Å². The summed E-state index contributed by atoms with van der Waals surface area (Å²) in [6.07, 6.45) is -3.25. The zero-order chi connectivity index (χ0) is 28.0. The number of ether oxygens (including phenoxy) is 1. The lowest BCUT2D eigenvalue weighted by atomic mass is 10.1. The van der Waals surface area contributed by atoms with Gasteiger partial charge in [-0.2, -0.15) is 13.2 Å². The molecule has 2 rings (SSSR count). The van der Waals surface area contributed by atoms with Gasteiger partial charge >= 0.3 is 6.18 Å². The highest BCUT2D eigenvalue weighted by Gasteiger charge is 2.33. The SMILES string of the molecule is CCC(C)NC(=O)C(C)N(Cc1cccc(OC)c1)C(=O)CN(c1cccc(C(F)(F)F)c1)S(C)(=O)=O. The molecule has 0 aromatic heterocycles. The quantitative estimate of drug-likeness (QED) is 0.465. The van der Waals surface area contributed by atoms with Crippen molar-refractivity contribution >= 4 is 27.5 Å². The normalized spacial score (nSPS) is 13.4. The molecule has 2 aromatic carbocycles. The Morgan fingerprint density at radius 3 is 2.30 bits per heavy atom. The predicted molar refractivity (Wildman–Crippen MR) is 135 cm³/mol. The summed E-state index contributed by atoms with van der Waals surface area (Å²) >= 11 is 0. The van der Waals surface area contributed by atoms with Gasteiger partial charge in [0, 0.05) is 12.6 Å². The van der Waals surface area contributed by atoms with Crippen LogP contribution in [0.25, 0.3) is 0 Å². The van der Waals surface area contributed by atoms with Crippen LogP contribution >= 0.6 is 0 Å².